The number of esters is 1. The maximum atomic E-state index is 13.8. The van der Waals surface area contributed by atoms with Crippen LogP contribution in [-0.4, -0.2) is 24.0 Å². The Labute approximate surface area is 206 Å². The van der Waals surface area contributed by atoms with E-state index in [-0.39, 0.29) is 16.8 Å². The number of anilines is 1. The quantitative estimate of drug-likeness (QED) is 0.351. The minimum atomic E-state index is -0.740. The highest BCUT2D eigenvalue weighted by Crippen LogP contribution is 2.43. The van der Waals surface area contributed by atoms with Crippen molar-refractivity contribution in [1.82, 2.24) is 4.98 Å². The highest BCUT2D eigenvalue weighted by molar-refractivity contribution is 7.17. The second kappa shape index (κ2) is 8.46. The molecule has 1 unspecified atom stereocenters. The Hall–Kier alpha value is -3.78. The van der Waals surface area contributed by atoms with Crippen LogP contribution in [0.1, 0.15) is 74.0 Å². The summed E-state index contributed by atoms with van der Waals surface area (Å²) < 4.78 is 10.9. The zero-order valence-corrected chi connectivity index (χ0v) is 20.9. The van der Waals surface area contributed by atoms with Gasteiger partial charge in [-0.15, -0.1) is 0 Å². The lowest BCUT2D eigenvalue weighted by atomic mass is 9.95. The molecular weight excluding hydrogens is 464 g/mol. The van der Waals surface area contributed by atoms with Crippen LogP contribution in [0, 0.1) is 13.8 Å². The molecule has 0 saturated carbocycles. The number of carbonyl (C=O) groups is 2. The molecule has 4 aromatic rings. The van der Waals surface area contributed by atoms with Crippen LogP contribution in [0.3, 0.4) is 0 Å². The van der Waals surface area contributed by atoms with Gasteiger partial charge >= 0.3 is 5.97 Å². The number of benzene rings is 2. The van der Waals surface area contributed by atoms with Crippen LogP contribution < -0.4 is 10.3 Å². The van der Waals surface area contributed by atoms with E-state index in [0.29, 0.717) is 32.6 Å². The molecule has 0 spiro atoms. The van der Waals surface area contributed by atoms with E-state index >= 15 is 0 Å². The van der Waals surface area contributed by atoms with Gasteiger partial charge in [-0.05, 0) is 43.0 Å². The number of ether oxygens (including phenoxy) is 1. The summed E-state index contributed by atoms with van der Waals surface area (Å²) >= 11 is 1.06. The molecule has 7 nitrogen and oxygen atoms in total. The summed E-state index contributed by atoms with van der Waals surface area (Å²) in [4.78, 5) is 46.0. The van der Waals surface area contributed by atoms with Gasteiger partial charge < -0.3 is 9.15 Å². The molecule has 35 heavy (non-hydrogen) atoms. The number of hydrogen-bond donors (Lipinski definition) is 0. The number of amides is 1. The van der Waals surface area contributed by atoms with Gasteiger partial charge in [-0.25, -0.2) is 9.78 Å². The van der Waals surface area contributed by atoms with Crippen LogP contribution in [0.2, 0.25) is 0 Å². The predicted octanol–water partition coefficient (Wildman–Crippen LogP) is 5.53. The van der Waals surface area contributed by atoms with Gasteiger partial charge in [0.1, 0.15) is 10.5 Å². The van der Waals surface area contributed by atoms with Crippen molar-refractivity contribution in [2.75, 3.05) is 12.0 Å². The molecule has 0 bridgehead atoms. The van der Waals surface area contributed by atoms with Crippen molar-refractivity contribution in [3.8, 4) is 0 Å². The lowest BCUT2D eigenvalue weighted by Crippen LogP contribution is -2.29. The van der Waals surface area contributed by atoms with Gasteiger partial charge in [-0.2, -0.15) is 0 Å². The number of hydrogen-bond acceptors (Lipinski definition) is 7. The monoisotopic (exact) mass is 488 g/mol. The van der Waals surface area contributed by atoms with Gasteiger partial charge in [0.25, 0.3) is 5.91 Å². The van der Waals surface area contributed by atoms with Crippen molar-refractivity contribution in [3.05, 3.63) is 91.3 Å². The molecule has 3 heterocycles. The van der Waals surface area contributed by atoms with Crippen LogP contribution in [-0.2, 0) is 4.74 Å². The smallest absolute Gasteiger partial charge is 0.350 e. The Balaban J connectivity index is 1.76. The maximum absolute atomic E-state index is 13.8. The van der Waals surface area contributed by atoms with E-state index in [1.165, 1.54) is 12.0 Å². The first-order valence-corrected chi connectivity index (χ1v) is 12.1. The van der Waals surface area contributed by atoms with Gasteiger partial charge in [0.05, 0.1) is 29.8 Å². The van der Waals surface area contributed by atoms with Crippen LogP contribution in [0.15, 0.2) is 51.7 Å². The molecule has 5 rings (SSSR count). The van der Waals surface area contributed by atoms with Crippen molar-refractivity contribution in [2.45, 2.75) is 39.7 Å². The number of methoxy groups -OCH3 is 1. The summed E-state index contributed by atoms with van der Waals surface area (Å²) in [6, 6.07) is 12.4. The Morgan fingerprint density at radius 2 is 1.83 bits per heavy atom. The molecule has 1 atom stereocenters. The third-order valence-electron chi connectivity index (χ3n) is 6.31. The summed E-state index contributed by atoms with van der Waals surface area (Å²) in [5.41, 5.74) is 3.65. The van der Waals surface area contributed by atoms with Crippen molar-refractivity contribution in [3.63, 3.8) is 0 Å². The topological polar surface area (TPSA) is 89.7 Å². The van der Waals surface area contributed by atoms with Crippen molar-refractivity contribution in [1.29, 1.82) is 0 Å². The van der Waals surface area contributed by atoms with E-state index < -0.39 is 17.9 Å². The van der Waals surface area contributed by atoms with E-state index in [2.05, 4.69) is 18.8 Å². The Kier molecular flexibility index (Phi) is 5.56. The molecule has 1 amide bonds. The first-order valence-electron chi connectivity index (χ1n) is 11.3. The molecule has 0 aliphatic carbocycles. The lowest BCUT2D eigenvalue weighted by molar-refractivity contribution is 0.0605. The minimum absolute atomic E-state index is 0.00300. The normalized spacial score (nSPS) is 15.2. The molecule has 178 valence electrons. The Morgan fingerprint density at radius 3 is 2.49 bits per heavy atom. The molecule has 0 N–H and O–H groups in total. The first kappa shape index (κ1) is 23.0. The Morgan fingerprint density at radius 1 is 1.11 bits per heavy atom. The maximum Gasteiger partial charge on any atom is 0.350 e. The van der Waals surface area contributed by atoms with E-state index in [1.807, 2.05) is 37.3 Å². The zero-order valence-electron chi connectivity index (χ0n) is 20.0. The summed E-state index contributed by atoms with van der Waals surface area (Å²) in [6.45, 7) is 7.79. The number of fused-ring (bicyclic) bond motifs is 2. The average molecular weight is 489 g/mol. The molecule has 1 aliphatic heterocycles. The number of rotatable bonds is 4. The SMILES string of the molecule is COC(=O)c1sc(N2C(=O)c3oc4ccc(C)cc4c(=O)c3C2c2ccc(C(C)C)cc2)nc1C. The van der Waals surface area contributed by atoms with Gasteiger partial charge in [0.2, 0.25) is 5.76 Å². The number of aromatic nitrogens is 1. The highest BCUT2D eigenvalue weighted by Gasteiger charge is 2.45. The van der Waals surface area contributed by atoms with Gasteiger partial charge in [-0.1, -0.05) is 61.1 Å². The standard InChI is InChI=1S/C27H24N2O5S/c1-13(2)16-7-9-17(10-8-16)21-20-22(30)18-12-14(3)6-11-19(18)34-23(20)25(31)29(21)27-28-15(4)24(35-27)26(32)33-5/h6-13,21H,1-5H3. The number of carbonyl (C=O) groups excluding carboxylic acids is 2. The molecule has 0 saturated heterocycles. The summed E-state index contributed by atoms with van der Waals surface area (Å²) in [5.74, 6) is -0.665. The number of nitrogens with zero attached hydrogens (tertiary/aromatic N) is 2. The molecular formula is C27H24N2O5S. The lowest BCUT2D eigenvalue weighted by Gasteiger charge is -2.23. The third kappa shape index (κ3) is 3.65. The van der Waals surface area contributed by atoms with E-state index in [4.69, 9.17) is 9.15 Å². The summed E-state index contributed by atoms with van der Waals surface area (Å²) in [5, 5.41) is 0.727. The largest absolute Gasteiger partial charge is 0.465 e. The first-order chi connectivity index (χ1) is 16.7. The molecule has 8 heteroatoms. The van der Waals surface area contributed by atoms with E-state index in [1.54, 1.807) is 19.1 Å². The van der Waals surface area contributed by atoms with Crippen molar-refractivity contribution >= 4 is 39.3 Å². The van der Waals surface area contributed by atoms with Crippen molar-refractivity contribution < 1.29 is 18.7 Å². The number of thiazole rings is 1. The molecule has 1 aliphatic rings. The summed E-state index contributed by atoms with van der Waals surface area (Å²) in [7, 11) is 1.30. The van der Waals surface area contributed by atoms with Gasteiger partial charge in [0.15, 0.2) is 10.6 Å². The second-order valence-corrected chi connectivity index (χ2v) is 9.95. The summed E-state index contributed by atoms with van der Waals surface area (Å²) in [6.07, 6.45) is 0. The fourth-order valence-electron chi connectivity index (χ4n) is 4.43. The minimum Gasteiger partial charge on any atom is -0.465 e. The molecule has 2 aromatic heterocycles. The number of aryl methyl sites for hydroxylation is 2. The Bertz CT molecular complexity index is 1550. The van der Waals surface area contributed by atoms with E-state index in [9.17, 15) is 14.4 Å². The average Bonchev–Trinajstić information content (AvgIpc) is 3.36. The van der Waals surface area contributed by atoms with Crippen LogP contribution in [0.4, 0.5) is 5.13 Å². The van der Waals surface area contributed by atoms with Crippen LogP contribution >= 0.6 is 11.3 Å². The van der Waals surface area contributed by atoms with Crippen LogP contribution in [0.25, 0.3) is 11.0 Å². The molecule has 0 fully saturated rings. The van der Waals surface area contributed by atoms with Gasteiger partial charge in [-0.3, -0.25) is 14.5 Å². The van der Waals surface area contributed by atoms with Gasteiger partial charge in [0, 0.05) is 0 Å². The predicted molar refractivity (Wildman–Crippen MR) is 135 cm³/mol. The fourth-order valence-corrected chi connectivity index (χ4v) is 5.44. The zero-order chi connectivity index (χ0) is 25.0. The van der Waals surface area contributed by atoms with Crippen LogP contribution in [0.5, 0.6) is 0 Å². The van der Waals surface area contributed by atoms with E-state index in [0.717, 1.165) is 28.0 Å². The second-order valence-electron chi connectivity index (χ2n) is 8.98. The fraction of sp³-hybridized carbons (Fsp3) is 0.259. The molecule has 0 radical (unpaired) electrons. The third-order valence-corrected chi connectivity index (χ3v) is 7.44. The van der Waals surface area contributed by atoms with Crippen molar-refractivity contribution in [2.24, 2.45) is 0 Å². The highest BCUT2D eigenvalue weighted by atomic mass is 32.1. The molecule has 2 aromatic carbocycles.